The third-order valence-corrected chi connectivity index (χ3v) is 4.22. The van der Waals surface area contributed by atoms with Gasteiger partial charge in [0, 0.05) is 23.7 Å². The number of ketones is 1. The fourth-order valence-corrected chi connectivity index (χ4v) is 3.23. The van der Waals surface area contributed by atoms with Crippen molar-refractivity contribution in [2.75, 3.05) is 5.75 Å². The minimum absolute atomic E-state index is 0.463. The van der Waals surface area contributed by atoms with Gasteiger partial charge in [-0.25, -0.2) is 0 Å². The van der Waals surface area contributed by atoms with Gasteiger partial charge in [-0.2, -0.15) is 11.8 Å². The van der Waals surface area contributed by atoms with Crippen LogP contribution < -0.4 is 0 Å². The molecule has 1 aromatic heterocycles. The van der Waals surface area contributed by atoms with Crippen LogP contribution >= 0.6 is 46.6 Å². The molecule has 0 saturated heterocycles. The van der Waals surface area contributed by atoms with Gasteiger partial charge in [-0.15, -0.1) is 0 Å². The van der Waals surface area contributed by atoms with E-state index >= 15 is 0 Å². The highest BCUT2D eigenvalue weighted by molar-refractivity contribution is 7.98. The summed E-state index contributed by atoms with van der Waals surface area (Å²) in [6.45, 7) is 4.65. The van der Waals surface area contributed by atoms with Crippen LogP contribution in [0.15, 0.2) is 6.07 Å². The third kappa shape index (κ3) is 2.62. The van der Waals surface area contributed by atoms with Crippen molar-refractivity contribution in [1.82, 2.24) is 4.57 Å². The van der Waals surface area contributed by atoms with E-state index in [4.69, 9.17) is 34.8 Å². The van der Waals surface area contributed by atoms with E-state index in [9.17, 15) is 4.79 Å². The molecule has 93 valence electrons. The lowest BCUT2D eigenvalue weighted by Gasteiger charge is -2.19. The zero-order valence-electron chi connectivity index (χ0n) is 9.01. The van der Waals surface area contributed by atoms with Crippen LogP contribution in [-0.4, -0.2) is 19.9 Å². The van der Waals surface area contributed by atoms with Gasteiger partial charge in [0.1, 0.15) is 0 Å². The molecule has 0 atom stereocenters. The summed E-state index contributed by atoms with van der Waals surface area (Å²) in [5.74, 6) is 1.39. The second-order valence-electron chi connectivity index (χ2n) is 3.78. The van der Waals surface area contributed by atoms with Crippen LogP contribution in [0.25, 0.3) is 0 Å². The summed E-state index contributed by atoms with van der Waals surface area (Å²) in [5.41, 5.74) is 2.68. The molecular weight excluding hydrogens is 301 g/mol. The highest BCUT2D eigenvalue weighted by Gasteiger charge is 2.35. The lowest BCUT2D eigenvalue weighted by Crippen LogP contribution is -2.24. The Kier molecular flexibility index (Phi) is 4.03. The lowest BCUT2D eigenvalue weighted by molar-refractivity contribution is 0.0987. The summed E-state index contributed by atoms with van der Waals surface area (Å²) < 4.78 is 0.0688. The molecule has 0 spiro atoms. The fourth-order valence-electron chi connectivity index (χ4n) is 1.95. The van der Waals surface area contributed by atoms with Crippen molar-refractivity contribution in [3.63, 3.8) is 0 Å². The summed E-state index contributed by atoms with van der Waals surface area (Å²) in [6, 6.07) is 1.80. The van der Waals surface area contributed by atoms with Gasteiger partial charge in [0.05, 0.1) is 5.69 Å². The van der Waals surface area contributed by atoms with Crippen molar-refractivity contribution in [2.45, 2.75) is 22.5 Å². The highest BCUT2D eigenvalue weighted by atomic mass is 35.6. The first-order valence-electron chi connectivity index (χ1n) is 5.15. The van der Waals surface area contributed by atoms with Crippen molar-refractivity contribution < 1.29 is 4.79 Å². The highest BCUT2D eigenvalue weighted by Crippen LogP contribution is 2.34. The largest absolute Gasteiger partial charge is 0.340 e. The van der Waals surface area contributed by atoms with E-state index in [1.807, 2.05) is 16.3 Å². The molecule has 2 rings (SSSR count). The second-order valence-corrected chi connectivity index (χ2v) is 7.17. The van der Waals surface area contributed by atoms with Gasteiger partial charge in [-0.05, 0) is 25.0 Å². The zero-order chi connectivity index (χ0) is 12.6. The predicted molar refractivity (Wildman–Crippen MR) is 74.3 cm³/mol. The number of hydrogen-bond acceptors (Lipinski definition) is 2. The van der Waals surface area contributed by atoms with Crippen LogP contribution in [0, 0.1) is 6.92 Å². The average molecular weight is 312 g/mol. The van der Waals surface area contributed by atoms with Crippen molar-refractivity contribution in [3.8, 4) is 0 Å². The zero-order valence-corrected chi connectivity index (χ0v) is 12.1. The molecule has 1 aromatic rings. The molecule has 1 radical (unpaired) electrons. The molecule has 1 aliphatic rings. The summed E-state index contributed by atoms with van der Waals surface area (Å²) >= 11 is 18.8. The maximum absolute atomic E-state index is 12.0. The Bertz CT molecular complexity index is 450. The normalized spacial score (nSPS) is 15.8. The lowest BCUT2D eigenvalue weighted by atomic mass is 10.2. The maximum Gasteiger partial charge on any atom is 0.255 e. The first kappa shape index (κ1) is 13.6. The van der Waals surface area contributed by atoms with Gasteiger partial charge in [-0.3, -0.25) is 4.79 Å². The van der Waals surface area contributed by atoms with Gasteiger partial charge in [0.15, 0.2) is 0 Å². The molecular formula is C11H11Cl3NOS. The van der Waals surface area contributed by atoms with Crippen molar-refractivity contribution >= 4 is 52.3 Å². The number of alkyl halides is 3. The van der Waals surface area contributed by atoms with Gasteiger partial charge < -0.3 is 4.57 Å². The number of fused-ring (bicyclic) bond motifs is 1. The second kappa shape index (κ2) is 5.04. The van der Waals surface area contributed by atoms with Crippen LogP contribution in [0.1, 0.15) is 21.7 Å². The maximum atomic E-state index is 12.0. The average Bonchev–Trinajstić information content (AvgIpc) is 2.65. The molecule has 0 bridgehead atoms. The van der Waals surface area contributed by atoms with Crippen LogP contribution in [0.2, 0.25) is 0 Å². The Morgan fingerprint density at radius 2 is 2.24 bits per heavy atom. The smallest absolute Gasteiger partial charge is 0.255 e. The number of rotatable bonds is 2. The number of hydrogen-bond donors (Lipinski definition) is 0. The molecule has 0 aliphatic carbocycles. The number of thioether (sulfide) groups is 1. The van der Waals surface area contributed by atoms with E-state index in [1.165, 1.54) is 0 Å². The summed E-state index contributed by atoms with van der Waals surface area (Å²) in [6.07, 6.45) is 0.642. The van der Waals surface area contributed by atoms with Crippen LogP contribution in [0.4, 0.5) is 0 Å². The minimum atomic E-state index is -1.89. The van der Waals surface area contributed by atoms with Crippen LogP contribution in [-0.2, 0) is 18.7 Å². The van der Waals surface area contributed by atoms with Crippen LogP contribution in [0.5, 0.6) is 0 Å². The summed E-state index contributed by atoms with van der Waals surface area (Å²) in [7, 11) is 0. The van der Waals surface area contributed by atoms with E-state index in [-0.39, 0.29) is 0 Å². The number of carbonyl (C=O) groups is 1. The quantitative estimate of drug-likeness (QED) is 0.614. The molecule has 0 saturated carbocycles. The van der Waals surface area contributed by atoms with E-state index in [0.717, 1.165) is 29.3 Å². The minimum Gasteiger partial charge on any atom is -0.340 e. The van der Waals surface area contributed by atoms with Gasteiger partial charge in [0.25, 0.3) is 3.79 Å². The van der Waals surface area contributed by atoms with E-state index in [2.05, 4.69) is 6.92 Å². The predicted octanol–water partition coefficient (Wildman–Crippen LogP) is 3.66. The van der Waals surface area contributed by atoms with Crippen LogP contribution in [0.3, 0.4) is 0 Å². The Hall–Kier alpha value is 0.170. The van der Waals surface area contributed by atoms with Crippen molar-refractivity contribution in [3.05, 3.63) is 29.9 Å². The third-order valence-electron chi connectivity index (χ3n) is 2.76. The Balaban J connectivity index is 2.48. The Morgan fingerprint density at radius 1 is 1.53 bits per heavy atom. The molecule has 1 aliphatic heterocycles. The SMILES string of the molecule is [CH2]Cc1cc(C(=O)C(Cl)(Cl)Cl)n2c1CSCC2. The monoisotopic (exact) mass is 310 g/mol. The van der Waals surface area contributed by atoms with Crippen molar-refractivity contribution in [2.24, 2.45) is 0 Å². The number of halogens is 3. The molecule has 0 aromatic carbocycles. The number of carbonyl (C=O) groups excluding carboxylic acids is 1. The molecule has 0 amide bonds. The van der Waals surface area contributed by atoms with Gasteiger partial charge in [-0.1, -0.05) is 34.8 Å². The molecule has 0 unspecified atom stereocenters. The molecule has 6 heteroatoms. The topological polar surface area (TPSA) is 22.0 Å². The van der Waals surface area contributed by atoms with E-state index < -0.39 is 9.58 Å². The van der Waals surface area contributed by atoms with Gasteiger partial charge in [0.2, 0.25) is 5.78 Å². The summed E-state index contributed by atoms with van der Waals surface area (Å²) in [4.78, 5) is 12.0. The number of aromatic nitrogens is 1. The molecule has 0 fully saturated rings. The number of nitrogens with zero attached hydrogens (tertiary/aromatic N) is 1. The Labute approximate surface area is 120 Å². The fraction of sp³-hybridized carbons (Fsp3) is 0.455. The Morgan fingerprint density at radius 3 is 2.82 bits per heavy atom. The molecule has 2 nitrogen and oxygen atoms in total. The van der Waals surface area contributed by atoms with E-state index in [0.29, 0.717) is 12.1 Å². The number of Topliss-reactive ketones (excluding diaryl/α,β-unsaturated/α-hetero) is 1. The molecule has 2 heterocycles. The molecule has 17 heavy (non-hydrogen) atoms. The summed E-state index contributed by atoms with van der Waals surface area (Å²) in [5, 5.41) is 0. The van der Waals surface area contributed by atoms with E-state index in [1.54, 1.807) is 6.07 Å². The van der Waals surface area contributed by atoms with Crippen molar-refractivity contribution in [1.29, 1.82) is 0 Å². The standard InChI is InChI=1S/C11H11Cl3NOS/c1-2-7-5-8(10(16)11(12,13)14)15-3-4-17-6-9(7)15/h5H,1-4,6H2. The first-order valence-corrected chi connectivity index (χ1v) is 7.43. The van der Waals surface area contributed by atoms with Gasteiger partial charge >= 0.3 is 0 Å². The first-order chi connectivity index (χ1) is 7.95. The molecule has 0 N–H and O–H groups in total.